The second kappa shape index (κ2) is 6.10. The second-order valence-electron chi connectivity index (χ2n) is 4.69. The summed E-state index contributed by atoms with van der Waals surface area (Å²) < 4.78 is 11.4. The van der Waals surface area contributed by atoms with Crippen molar-refractivity contribution in [3.8, 4) is 11.5 Å². The van der Waals surface area contributed by atoms with Gasteiger partial charge in [0.15, 0.2) is 17.3 Å². The summed E-state index contributed by atoms with van der Waals surface area (Å²) in [6.07, 6.45) is 4.19. The van der Waals surface area contributed by atoms with Gasteiger partial charge in [-0.2, -0.15) is 0 Å². The van der Waals surface area contributed by atoms with E-state index >= 15 is 0 Å². The number of carbonyl (C=O) groups is 1. The molecule has 1 aromatic carbocycles. The van der Waals surface area contributed by atoms with Crippen LogP contribution in [0.4, 0.5) is 0 Å². The fourth-order valence-corrected chi connectivity index (χ4v) is 2.85. The number of nitrogens with zero attached hydrogens (tertiary/aromatic N) is 1. The molecule has 0 radical (unpaired) electrons. The van der Waals surface area contributed by atoms with Crippen molar-refractivity contribution in [2.45, 2.75) is 13.3 Å². The van der Waals surface area contributed by atoms with E-state index in [4.69, 9.17) is 9.47 Å². The predicted octanol–water partition coefficient (Wildman–Crippen LogP) is 3.51. The van der Waals surface area contributed by atoms with Crippen LogP contribution in [0, 0.1) is 6.92 Å². The smallest absolute Gasteiger partial charge is 0.197 e. The second-order valence-corrected chi connectivity index (χ2v) is 5.54. The van der Waals surface area contributed by atoms with Crippen LogP contribution in [0.5, 0.6) is 11.5 Å². The molecule has 0 unspecified atom stereocenters. The molecule has 1 aliphatic rings. The van der Waals surface area contributed by atoms with E-state index in [1.807, 2.05) is 25.1 Å². The average Bonchev–Trinajstić information content (AvgIpc) is 2.77. The number of ether oxygens (including phenoxy) is 2. The molecule has 2 heterocycles. The Hall–Kier alpha value is -2.14. The Morgan fingerprint density at radius 3 is 3.00 bits per heavy atom. The summed E-state index contributed by atoms with van der Waals surface area (Å²) in [5.41, 5.74) is 3.30. The van der Waals surface area contributed by atoms with Crippen molar-refractivity contribution in [2.75, 3.05) is 13.2 Å². The zero-order chi connectivity index (χ0) is 14.7. The van der Waals surface area contributed by atoms with Crippen molar-refractivity contribution in [3.63, 3.8) is 0 Å². The summed E-state index contributed by atoms with van der Waals surface area (Å²) in [7, 11) is 0. The third kappa shape index (κ3) is 2.97. The van der Waals surface area contributed by atoms with Crippen LogP contribution in [0.3, 0.4) is 0 Å². The molecule has 0 bridgehead atoms. The fraction of sp³-hybridized carbons (Fsp3) is 0.250. The van der Waals surface area contributed by atoms with Crippen molar-refractivity contribution in [1.82, 2.24) is 4.98 Å². The summed E-state index contributed by atoms with van der Waals surface area (Å²) in [5.74, 6) is 1.40. The van der Waals surface area contributed by atoms with Crippen molar-refractivity contribution in [1.29, 1.82) is 0 Å². The zero-order valence-electron chi connectivity index (χ0n) is 11.7. The molecule has 0 spiro atoms. The van der Waals surface area contributed by atoms with Gasteiger partial charge in [-0.15, -0.1) is 11.3 Å². The highest BCUT2D eigenvalue weighted by molar-refractivity contribution is 7.12. The standard InChI is InChI=1S/C16H15NO3S/c1-11-16(21-10-17-11)13(18)7-6-12-4-2-5-14-15(12)20-9-3-8-19-14/h2,4-7,10H,3,8-9H2,1H3. The molecule has 2 aromatic rings. The van der Waals surface area contributed by atoms with Crippen LogP contribution in [0.25, 0.3) is 6.08 Å². The third-order valence-electron chi connectivity index (χ3n) is 3.19. The first kappa shape index (κ1) is 13.8. The molecule has 0 saturated carbocycles. The van der Waals surface area contributed by atoms with Crippen molar-refractivity contribution < 1.29 is 14.3 Å². The van der Waals surface area contributed by atoms with Gasteiger partial charge in [-0.3, -0.25) is 4.79 Å². The lowest BCUT2D eigenvalue weighted by Crippen LogP contribution is -1.98. The van der Waals surface area contributed by atoms with Crippen molar-refractivity contribution in [2.24, 2.45) is 0 Å². The lowest BCUT2D eigenvalue weighted by molar-refractivity contribution is 0.105. The molecule has 0 fully saturated rings. The Bertz CT molecular complexity index is 691. The van der Waals surface area contributed by atoms with Crippen LogP contribution in [-0.4, -0.2) is 24.0 Å². The van der Waals surface area contributed by atoms with Crippen LogP contribution in [0.1, 0.15) is 27.3 Å². The molecule has 108 valence electrons. The maximum Gasteiger partial charge on any atom is 0.197 e. The van der Waals surface area contributed by atoms with E-state index < -0.39 is 0 Å². The molecule has 0 atom stereocenters. The number of hydrogen-bond acceptors (Lipinski definition) is 5. The Kier molecular flexibility index (Phi) is 4.01. The minimum absolute atomic E-state index is 0.0397. The van der Waals surface area contributed by atoms with Crippen LogP contribution in [0.2, 0.25) is 0 Å². The van der Waals surface area contributed by atoms with E-state index in [0.29, 0.717) is 23.8 Å². The third-order valence-corrected chi connectivity index (χ3v) is 4.13. The number of aromatic nitrogens is 1. The summed E-state index contributed by atoms with van der Waals surface area (Å²) in [4.78, 5) is 16.9. The number of aryl methyl sites for hydroxylation is 1. The van der Waals surface area contributed by atoms with Gasteiger partial charge in [0.05, 0.1) is 29.3 Å². The van der Waals surface area contributed by atoms with Gasteiger partial charge in [-0.1, -0.05) is 12.1 Å². The lowest BCUT2D eigenvalue weighted by Gasteiger charge is -2.09. The van der Waals surface area contributed by atoms with E-state index in [1.54, 1.807) is 17.7 Å². The molecule has 0 amide bonds. The highest BCUT2D eigenvalue weighted by Gasteiger charge is 2.14. The monoisotopic (exact) mass is 301 g/mol. The highest BCUT2D eigenvalue weighted by Crippen LogP contribution is 2.34. The molecular formula is C16H15NO3S. The Balaban J connectivity index is 1.87. The predicted molar refractivity (Wildman–Crippen MR) is 82.3 cm³/mol. The summed E-state index contributed by atoms with van der Waals surface area (Å²) in [5, 5.41) is 0. The maximum absolute atomic E-state index is 12.1. The number of ketones is 1. The molecule has 21 heavy (non-hydrogen) atoms. The maximum atomic E-state index is 12.1. The first-order valence-corrected chi connectivity index (χ1v) is 7.65. The number of para-hydroxylation sites is 1. The topological polar surface area (TPSA) is 48.4 Å². The largest absolute Gasteiger partial charge is 0.490 e. The van der Waals surface area contributed by atoms with Gasteiger partial charge in [0.2, 0.25) is 0 Å². The van der Waals surface area contributed by atoms with E-state index in [2.05, 4.69) is 4.98 Å². The van der Waals surface area contributed by atoms with Gasteiger partial charge in [0.25, 0.3) is 0 Å². The number of benzene rings is 1. The minimum Gasteiger partial charge on any atom is -0.490 e. The minimum atomic E-state index is -0.0397. The summed E-state index contributed by atoms with van der Waals surface area (Å²) >= 11 is 1.36. The zero-order valence-corrected chi connectivity index (χ0v) is 12.5. The average molecular weight is 301 g/mol. The van der Waals surface area contributed by atoms with E-state index in [0.717, 1.165) is 23.4 Å². The molecule has 0 saturated heterocycles. The van der Waals surface area contributed by atoms with Crippen LogP contribution < -0.4 is 9.47 Å². The van der Waals surface area contributed by atoms with Crippen LogP contribution in [0.15, 0.2) is 29.8 Å². The van der Waals surface area contributed by atoms with Crippen molar-refractivity contribution >= 4 is 23.2 Å². The molecule has 4 nitrogen and oxygen atoms in total. The number of thiazole rings is 1. The van der Waals surface area contributed by atoms with E-state index in [1.165, 1.54) is 11.3 Å². The molecular weight excluding hydrogens is 286 g/mol. The Labute approximate surface area is 127 Å². The SMILES string of the molecule is Cc1ncsc1C(=O)C=Cc1cccc2c1OCCCO2. The number of allylic oxidation sites excluding steroid dienone is 1. The van der Waals surface area contributed by atoms with Gasteiger partial charge in [0.1, 0.15) is 0 Å². The first-order valence-electron chi connectivity index (χ1n) is 6.77. The molecule has 0 aliphatic carbocycles. The van der Waals surface area contributed by atoms with E-state index in [-0.39, 0.29) is 5.78 Å². The summed E-state index contributed by atoms with van der Waals surface area (Å²) in [6, 6.07) is 5.69. The molecule has 3 rings (SSSR count). The molecule has 5 heteroatoms. The highest BCUT2D eigenvalue weighted by atomic mass is 32.1. The molecule has 0 N–H and O–H groups in total. The van der Waals surface area contributed by atoms with Gasteiger partial charge in [0, 0.05) is 12.0 Å². The number of rotatable bonds is 3. The van der Waals surface area contributed by atoms with Gasteiger partial charge in [-0.25, -0.2) is 4.98 Å². The fourth-order valence-electron chi connectivity index (χ4n) is 2.13. The van der Waals surface area contributed by atoms with E-state index in [9.17, 15) is 4.79 Å². The Morgan fingerprint density at radius 2 is 2.19 bits per heavy atom. The normalized spacial score (nSPS) is 14.1. The van der Waals surface area contributed by atoms with Gasteiger partial charge >= 0.3 is 0 Å². The van der Waals surface area contributed by atoms with Gasteiger partial charge < -0.3 is 9.47 Å². The summed E-state index contributed by atoms with van der Waals surface area (Å²) in [6.45, 7) is 3.11. The Morgan fingerprint density at radius 1 is 1.33 bits per heavy atom. The molecule has 1 aromatic heterocycles. The number of hydrogen-bond donors (Lipinski definition) is 0. The quantitative estimate of drug-likeness (QED) is 0.643. The lowest BCUT2D eigenvalue weighted by atomic mass is 10.1. The molecule has 1 aliphatic heterocycles. The van der Waals surface area contributed by atoms with Crippen LogP contribution >= 0.6 is 11.3 Å². The number of fused-ring (bicyclic) bond motifs is 1. The van der Waals surface area contributed by atoms with Crippen molar-refractivity contribution in [3.05, 3.63) is 45.9 Å². The van der Waals surface area contributed by atoms with Gasteiger partial charge in [-0.05, 0) is 25.1 Å². The first-order chi connectivity index (χ1) is 10.3. The van der Waals surface area contributed by atoms with Crippen LogP contribution in [-0.2, 0) is 0 Å². The number of carbonyl (C=O) groups excluding carboxylic acids is 1.